The number of carboxylic acid groups (broad SMARTS) is 1. The molecule has 0 aliphatic heterocycles. The Morgan fingerprint density at radius 3 is 2.17 bits per heavy atom. The van der Waals surface area contributed by atoms with Crippen molar-refractivity contribution in [3.8, 4) is 11.1 Å². The second-order valence-corrected chi connectivity index (χ2v) is 9.44. The van der Waals surface area contributed by atoms with E-state index in [1.807, 2.05) is 36.4 Å². The number of hydrogen-bond acceptors (Lipinski definition) is 5. The summed E-state index contributed by atoms with van der Waals surface area (Å²) in [5, 5.41) is 16.0. The summed E-state index contributed by atoms with van der Waals surface area (Å²) < 4.78 is 6.88. The van der Waals surface area contributed by atoms with Crippen LogP contribution in [0.15, 0.2) is 54.7 Å². The first-order valence-electron chi connectivity index (χ1n) is 11.3. The number of hydrogen-bond donors (Lipinski definition) is 2. The zero-order valence-electron chi connectivity index (χ0n) is 20.1. The third kappa shape index (κ3) is 4.75. The zero-order valence-corrected chi connectivity index (χ0v) is 20.1. The number of aromatic nitrogens is 2. The molecule has 0 atom stereocenters. The molecule has 0 radical (unpaired) electrons. The van der Waals surface area contributed by atoms with E-state index in [1.165, 1.54) is 15.8 Å². The van der Waals surface area contributed by atoms with Gasteiger partial charge in [-0.3, -0.25) is 19.6 Å². The Bertz CT molecular complexity index is 1250. The van der Waals surface area contributed by atoms with Gasteiger partial charge < -0.3 is 14.7 Å². The summed E-state index contributed by atoms with van der Waals surface area (Å²) in [7, 11) is 1.55. The van der Waals surface area contributed by atoms with Gasteiger partial charge in [0.2, 0.25) is 0 Å². The Hall–Kier alpha value is -4.14. The summed E-state index contributed by atoms with van der Waals surface area (Å²) >= 11 is 0. The van der Waals surface area contributed by atoms with Crippen molar-refractivity contribution in [2.24, 2.45) is 7.05 Å². The third-order valence-corrected chi connectivity index (χ3v) is 6.07. The van der Waals surface area contributed by atoms with E-state index in [0.717, 1.165) is 22.3 Å². The van der Waals surface area contributed by atoms with Gasteiger partial charge in [0.15, 0.2) is 0 Å². The molecule has 0 saturated heterocycles. The predicted molar refractivity (Wildman–Crippen MR) is 130 cm³/mol. The number of carbonyl (C=O) groups is 3. The second-order valence-electron chi connectivity index (χ2n) is 9.44. The van der Waals surface area contributed by atoms with Crippen molar-refractivity contribution in [3.05, 3.63) is 71.5 Å². The lowest BCUT2D eigenvalue weighted by Crippen LogP contribution is -2.49. The van der Waals surface area contributed by atoms with Gasteiger partial charge in [-0.15, -0.1) is 0 Å². The second kappa shape index (κ2) is 9.25. The van der Waals surface area contributed by atoms with Gasteiger partial charge in [-0.05, 0) is 43.0 Å². The third-order valence-electron chi connectivity index (χ3n) is 6.07. The number of aliphatic carboxylic acids is 1. The number of amides is 2. The molecule has 4 rings (SSSR count). The standard InChI is InChI=1S/C26H28N4O5/c1-26(2,3)30(14-22(31)32)24(33)23-21(13-27-29(23)4)28-25(34)35-15-20-18-11-7-5-9-16(18)17-10-6-8-12-19(17)20/h5-13,20H,14-15H2,1-4H3,(H,28,34)(H,31,32). The fraction of sp³-hybridized carbons (Fsp3) is 0.308. The van der Waals surface area contributed by atoms with Gasteiger partial charge in [-0.1, -0.05) is 48.5 Å². The molecule has 1 heterocycles. The molecule has 0 unspecified atom stereocenters. The summed E-state index contributed by atoms with van der Waals surface area (Å²) in [6.45, 7) is 4.85. The van der Waals surface area contributed by atoms with Crippen molar-refractivity contribution < 1.29 is 24.2 Å². The summed E-state index contributed by atoms with van der Waals surface area (Å²) in [5.74, 6) is -1.80. The molecule has 0 spiro atoms. The average molecular weight is 477 g/mol. The van der Waals surface area contributed by atoms with Gasteiger partial charge in [0.25, 0.3) is 5.91 Å². The van der Waals surface area contributed by atoms with Crippen LogP contribution in [0.1, 0.15) is 48.3 Å². The van der Waals surface area contributed by atoms with Gasteiger partial charge in [-0.2, -0.15) is 5.10 Å². The first-order valence-corrected chi connectivity index (χ1v) is 11.3. The maximum absolute atomic E-state index is 13.3. The Kier molecular flexibility index (Phi) is 6.34. The molecule has 3 aromatic rings. The van der Waals surface area contributed by atoms with Crippen molar-refractivity contribution in [2.75, 3.05) is 18.5 Å². The predicted octanol–water partition coefficient (Wildman–Crippen LogP) is 4.11. The molecule has 0 fully saturated rings. The first kappa shape index (κ1) is 24.0. The molecule has 0 bridgehead atoms. The molecule has 1 aliphatic carbocycles. The molecule has 9 nitrogen and oxygen atoms in total. The molecule has 2 aromatic carbocycles. The molecule has 1 aromatic heterocycles. The van der Waals surface area contributed by atoms with E-state index >= 15 is 0 Å². The van der Waals surface area contributed by atoms with Crippen LogP contribution < -0.4 is 5.32 Å². The number of anilines is 1. The van der Waals surface area contributed by atoms with E-state index in [-0.39, 0.29) is 23.9 Å². The Morgan fingerprint density at radius 1 is 1.06 bits per heavy atom. The Morgan fingerprint density at radius 2 is 1.63 bits per heavy atom. The van der Waals surface area contributed by atoms with Crippen LogP contribution in [0.5, 0.6) is 0 Å². The van der Waals surface area contributed by atoms with Crippen molar-refractivity contribution >= 4 is 23.7 Å². The lowest BCUT2D eigenvalue weighted by atomic mass is 9.98. The molecule has 1 aliphatic rings. The quantitative estimate of drug-likeness (QED) is 0.554. The lowest BCUT2D eigenvalue weighted by molar-refractivity contribution is -0.138. The van der Waals surface area contributed by atoms with E-state index < -0.39 is 30.1 Å². The largest absolute Gasteiger partial charge is 0.480 e. The number of nitrogens with one attached hydrogen (secondary N) is 1. The van der Waals surface area contributed by atoms with Gasteiger partial charge >= 0.3 is 12.1 Å². The summed E-state index contributed by atoms with van der Waals surface area (Å²) in [6.07, 6.45) is 0.616. The highest BCUT2D eigenvalue weighted by Crippen LogP contribution is 2.44. The lowest BCUT2D eigenvalue weighted by Gasteiger charge is -2.34. The number of aryl methyl sites for hydroxylation is 1. The van der Waals surface area contributed by atoms with Crippen molar-refractivity contribution in [1.29, 1.82) is 0 Å². The highest BCUT2D eigenvalue weighted by molar-refractivity contribution is 6.02. The summed E-state index contributed by atoms with van der Waals surface area (Å²) in [5.41, 5.74) is 3.88. The number of rotatable bonds is 6. The highest BCUT2D eigenvalue weighted by atomic mass is 16.5. The van der Waals surface area contributed by atoms with Crippen LogP contribution in [-0.4, -0.2) is 56.4 Å². The van der Waals surface area contributed by atoms with Crippen LogP contribution in [0.2, 0.25) is 0 Å². The topological polar surface area (TPSA) is 114 Å². The minimum Gasteiger partial charge on any atom is -0.480 e. The van der Waals surface area contributed by atoms with Crippen molar-refractivity contribution in [1.82, 2.24) is 14.7 Å². The van der Waals surface area contributed by atoms with E-state index in [2.05, 4.69) is 22.5 Å². The number of carbonyl (C=O) groups excluding carboxylic acids is 2. The fourth-order valence-electron chi connectivity index (χ4n) is 4.40. The normalized spacial score (nSPS) is 12.6. The molecule has 182 valence electrons. The molecule has 35 heavy (non-hydrogen) atoms. The Labute approximate surface area is 203 Å². The number of nitrogens with zero attached hydrogens (tertiary/aromatic N) is 3. The minimum absolute atomic E-state index is 0.0645. The minimum atomic E-state index is -1.14. The molecular formula is C26H28N4O5. The molecule has 9 heteroatoms. The molecule has 0 saturated carbocycles. The van der Waals surface area contributed by atoms with Crippen molar-refractivity contribution in [2.45, 2.75) is 32.2 Å². The van der Waals surface area contributed by atoms with Crippen LogP contribution in [0.25, 0.3) is 11.1 Å². The average Bonchev–Trinajstić information content (AvgIpc) is 3.32. The first-order chi connectivity index (χ1) is 16.6. The van der Waals surface area contributed by atoms with E-state index in [4.69, 9.17) is 4.74 Å². The van der Waals surface area contributed by atoms with Crippen LogP contribution in [0.4, 0.5) is 10.5 Å². The number of fused-ring (bicyclic) bond motifs is 3. The number of carboxylic acids is 1. The van der Waals surface area contributed by atoms with Crippen LogP contribution in [-0.2, 0) is 16.6 Å². The van der Waals surface area contributed by atoms with Crippen LogP contribution in [0.3, 0.4) is 0 Å². The van der Waals surface area contributed by atoms with E-state index in [0.29, 0.717) is 0 Å². The molecular weight excluding hydrogens is 448 g/mol. The smallest absolute Gasteiger partial charge is 0.411 e. The van der Waals surface area contributed by atoms with Gasteiger partial charge in [0.05, 0.1) is 11.9 Å². The summed E-state index contributed by atoms with van der Waals surface area (Å²) in [6, 6.07) is 16.1. The number of ether oxygens (including phenoxy) is 1. The van der Waals surface area contributed by atoms with Crippen LogP contribution in [0, 0.1) is 0 Å². The van der Waals surface area contributed by atoms with Crippen LogP contribution >= 0.6 is 0 Å². The van der Waals surface area contributed by atoms with Gasteiger partial charge in [-0.25, -0.2) is 4.79 Å². The number of benzene rings is 2. The maximum Gasteiger partial charge on any atom is 0.411 e. The Balaban J connectivity index is 1.51. The monoisotopic (exact) mass is 476 g/mol. The molecule has 2 N–H and O–H groups in total. The molecule has 2 amide bonds. The zero-order chi connectivity index (χ0) is 25.3. The van der Waals surface area contributed by atoms with Gasteiger partial charge in [0.1, 0.15) is 18.8 Å². The maximum atomic E-state index is 13.3. The fourth-order valence-corrected chi connectivity index (χ4v) is 4.40. The highest BCUT2D eigenvalue weighted by Gasteiger charge is 2.33. The van der Waals surface area contributed by atoms with E-state index in [1.54, 1.807) is 27.8 Å². The SMILES string of the molecule is Cn1ncc(NC(=O)OCC2c3ccccc3-c3ccccc32)c1C(=O)N(CC(=O)O)C(C)(C)C. The van der Waals surface area contributed by atoms with Crippen molar-refractivity contribution in [3.63, 3.8) is 0 Å². The van der Waals surface area contributed by atoms with Gasteiger partial charge in [0, 0.05) is 18.5 Å². The summed E-state index contributed by atoms with van der Waals surface area (Å²) in [4.78, 5) is 38.6. The van der Waals surface area contributed by atoms with E-state index in [9.17, 15) is 19.5 Å².